The lowest BCUT2D eigenvalue weighted by Gasteiger charge is -2.25. The molecule has 3 heteroatoms. The topological polar surface area (TPSA) is 17.1 Å². The van der Waals surface area contributed by atoms with Gasteiger partial charge in [-0.1, -0.05) is 23.7 Å². The molecule has 0 radical (unpaired) electrons. The van der Waals surface area contributed by atoms with Crippen LogP contribution in [0.2, 0.25) is 5.02 Å². The maximum Gasteiger partial charge on any atom is 0.163 e. The maximum absolute atomic E-state index is 13.4. The van der Waals surface area contributed by atoms with E-state index in [4.69, 9.17) is 11.6 Å². The van der Waals surface area contributed by atoms with Crippen molar-refractivity contribution in [2.45, 2.75) is 18.8 Å². The Hall–Kier alpha value is -1.67. The summed E-state index contributed by atoms with van der Waals surface area (Å²) in [5, 5.41) is 0.606. The third-order valence-corrected chi connectivity index (χ3v) is 3.84. The highest BCUT2D eigenvalue weighted by molar-refractivity contribution is 6.30. The molecule has 0 aromatic heterocycles. The van der Waals surface area contributed by atoms with Crippen molar-refractivity contribution >= 4 is 17.4 Å². The third kappa shape index (κ3) is 2.28. The second kappa shape index (κ2) is 4.78. The number of Topliss-reactive ketones (excluding diaryl/α,β-unsaturated/α-hetero) is 1. The van der Waals surface area contributed by atoms with Crippen LogP contribution in [-0.2, 0) is 0 Å². The SMILES string of the molecule is O=C1CCC(c2cccc(F)c2)c2cc(Cl)ccc21. The lowest BCUT2D eigenvalue weighted by atomic mass is 9.78. The molecule has 2 aromatic rings. The Balaban J connectivity index is 2.13. The van der Waals surface area contributed by atoms with Crippen molar-refractivity contribution in [3.8, 4) is 0 Å². The van der Waals surface area contributed by atoms with E-state index in [1.54, 1.807) is 18.2 Å². The van der Waals surface area contributed by atoms with Crippen molar-refractivity contribution in [2.24, 2.45) is 0 Å². The zero-order chi connectivity index (χ0) is 13.4. The molecule has 0 saturated carbocycles. The molecule has 19 heavy (non-hydrogen) atoms. The average Bonchev–Trinajstić information content (AvgIpc) is 2.39. The van der Waals surface area contributed by atoms with Gasteiger partial charge in [0.05, 0.1) is 0 Å². The highest BCUT2D eigenvalue weighted by Gasteiger charge is 2.27. The first-order valence-corrected chi connectivity index (χ1v) is 6.61. The van der Waals surface area contributed by atoms with Crippen LogP contribution in [0.3, 0.4) is 0 Å². The number of benzene rings is 2. The molecule has 1 aliphatic carbocycles. The van der Waals surface area contributed by atoms with Gasteiger partial charge in [-0.05, 0) is 47.9 Å². The van der Waals surface area contributed by atoms with E-state index >= 15 is 0 Å². The number of carbonyl (C=O) groups is 1. The van der Waals surface area contributed by atoms with Crippen molar-refractivity contribution < 1.29 is 9.18 Å². The Morgan fingerprint density at radius 2 is 2.00 bits per heavy atom. The number of hydrogen-bond donors (Lipinski definition) is 0. The van der Waals surface area contributed by atoms with E-state index in [1.165, 1.54) is 12.1 Å². The summed E-state index contributed by atoms with van der Waals surface area (Å²) in [4.78, 5) is 11.9. The number of carbonyl (C=O) groups excluding carboxylic acids is 1. The molecule has 0 aliphatic heterocycles. The summed E-state index contributed by atoms with van der Waals surface area (Å²) in [5.41, 5.74) is 2.52. The molecule has 1 atom stereocenters. The van der Waals surface area contributed by atoms with E-state index in [-0.39, 0.29) is 17.5 Å². The smallest absolute Gasteiger partial charge is 0.163 e. The predicted octanol–water partition coefficient (Wildman–Crippen LogP) is 4.59. The molecule has 2 aromatic carbocycles. The number of ketones is 1. The van der Waals surface area contributed by atoms with Gasteiger partial charge in [-0.25, -0.2) is 4.39 Å². The normalized spacial score (nSPS) is 18.2. The van der Waals surface area contributed by atoms with E-state index in [2.05, 4.69) is 0 Å². The van der Waals surface area contributed by atoms with Crippen molar-refractivity contribution in [1.29, 1.82) is 0 Å². The molecule has 0 amide bonds. The van der Waals surface area contributed by atoms with Crippen LogP contribution >= 0.6 is 11.6 Å². The monoisotopic (exact) mass is 274 g/mol. The van der Waals surface area contributed by atoms with Gasteiger partial charge in [0, 0.05) is 22.9 Å². The standard InChI is InChI=1S/C16H12ClFO/c17-11-4-5-14-15(9-11)13(6-7-16(14)19)10-2-1-3-12(18)8-10/h1-5,8-9,13H,6-7H2. The molecule has 3 rings (SSSR count). The second-order valence-electron chi connectivity index (χ2n) is 4.80. The molecule has 0 fully saturated rings. The van der Waals surface area contributed by atoms with Crippen LogP contribution in [0.25, 0.3) is 0 Å². The van der Waals surface area contributed by atoms with Crippen LogP contribution in [0.1, 0.15) is 40.2 Å². The quantitative estimate of drug-likeness (QED) is 0.743. The molecule has 96 valence electrons. The first-order valence-electron chi connectivity index (χ1n) is 6.23. The molecule has 0 bridgehead atoms. The zero-order valence-electron chi connectivity index (χ0n) is 10.2. The van der Waals surface area contributed by atoms with E-state index in [9.17, 15) is 9.18 Å². The third-order valence-electron chi connectivity index (χ3n) is 3.60. The van der Waals surface area contributed by atoms with Crippen LogP contribution in [0.4, 0.5) is 4.39 Å². The Morgan fingerprint density at radius 1 is 1.16 bits per heavy atom. The Bertz CT molecular complexity index is 651. The molecule has 0 heterocycles. The largest absolute Gasteiger partial charge is 0.294 e. The van der Waals surface area contributed by atoms with Crippen LogP contribution in [0.15, 0.2) is 42.5 Å². The lowest BCUT2D eigenvalue weighted by Crippen LogP contribution is -2.16. The highest BCUT2D eigenvalue weighted by atomic mass is 35.5. The lowest BCUT2D eigenvalue weighted by molar-refractivity contribution is 0.0969. The van der Waals surface area contributed by atoms with Crippen molar-refractivity contribution in [2.75, 3.05) is 0 Å². The van der Waals surface area contributed by atoms with E-state index < -0.39 is 0 Å². The van der Waals surface area contributed by atoms with Gasteiger partial charge in [0.15, 0.2) is 5.78 Å². The summed E-state index contributed by atoms with van der Waals surface area (Å²) in [6.45, 7) is 0. The Morgan fingerprint density at radius 3 is 2.79 bits per heavy atom. The minimum absolute atomic E-state index is 0.0436. The van der Waals surface area contributed by atoms with Crippen LogP contribution in [-0.4, -0.2) is 5.78 Å². The van der Waals surface area contributed by atoms with Gasteiger partial charge in [0.2, 0.25) is 0 Å². The zero-order valence-corrected chi connectivity index (χ0v) is 11.0. The molecular formula is C16H12ClFO. The molecule has 1 unspecified atom stereocenters. The number of fused-ring (bicyclic) bond motifs is 1. The van der Waals surface area contributed by atoms with Gasteiger partial charge in [0.25, 0.3) is 0 Å². The Labute approximate surface area is 116 Å². The summed E-state index contributed by atoms with van der Waals surface area (Å²) in [5.74, 6) is -0.0700. The number of hydrogen-bond acceptors (Lipinski definition) is 1. The molecule has 0 saturated heterocycles. The van der Waals surface area contributed by atoms with Crippen LogP contribution in [0.5, 0.6) is 0 Å². The molecule has 1 nitrogen and oxygen atoms in total. The number of rotatable bonds is 1. The van der Waals surface area contributed by atoms with Gasteiger partial charge < -0.3 is 0 Å². The summed E-state index contributed by atoms with van der Waals surface area (Å²) >= 11 is 6.02. The maximum atomic E-state index is 13.4. The van der Waals surface area contributed by atoms with Crippen molar-refractivity contribution in [3.05, 3.63) is 70.0 Å². The first kappa shape index (κ1) is 12.4. The first-order chi connectivity index (χ1) is 9.15. The van der Waals surface area contributed by atoms with E-state index in [0.29, 0.717) is 23.4 Å². The van der Waals surface area contributed by atoms with Gasteiger partial charge in [-0.2, -0.15) is 0 Å². The molecular weight excluding hydrogens is 263 g/mol. The summed E-state index contributed by atoms with van der Waals surface area (Å²) in [6, 6.07) is 11.9. The van der Waals surface area contributed by atoms with Gasteiger partial charge >= 0.3 is 0 Å². The highest BCUT2D eigenvalue weighted by Crippen LogP contribution is 2.37. The Kier molecular flexibility index (Phi) is 3.11. The minimum Gasteiger partial charge on any atom is -0.294 e. The predicted molar refractivity (Wildman–Crippen MR) is 73.3 cm³/mol. The summed E-state index contributed by atoms with van der Waals surface area (Å²) in [6.07, 6.45) is 1.20. The van der Waals surface area contributed by atoms with Crippen LogP contribution in [0, 0.1) is 5.82 Å². The number of halogens is 2. The average molecular weight is 275 g/mol. The van der Waals surface area contributed by atoms with E-state index in [1.807, 2.05) is 12.1 Å². The van der Waals surface area contributed by atoms with Gasteiger partial charge in [0.1, 0.15) is 5.82 Å². The fourth-order valence-corrected chi connectivity index (χ4v) is 2.89. The van der Waals surface area contributed by atoms with Gasteiger partial charge in [-0.15, -0.1) is 0 Å². The fraction of sp³-hybridized carbons (Fsp3) is 0.188. The van der Waals surface area contributed by atoms with Crippen LogP contribution < -0.4 is 0 Å². The van der Waals surface area contributed by atoms with E-state index in [0.717, 1.165) is 11.1 Å². The minimum atomic E-state index is -0.252. The van der Waals surface area contributed by atoms with Gasteiger partial charge in [-0.3, -0.25) is 4.79 Å². The molecule has 1 aliphatic rings. The van der Waals surface area contributed by atoms with Crippen molar-refractivity contribution in [1.82, 2.24) is 0 Å². The molecule has 0 spiro atoms. The second-order valence-corrected chi connectivity index (χ2v) is 5.24. The molecule has 0 N–H and O–H groups in total. The summed E-state index contributed by atoms with van der Waals surface area (Å²) < 4.78 is 13.4. The summed E-state index contributed by atoms with van der Waals surface area (Å²) in [7, 11) is 0. The van der Waals surface area contributed by atoms with Crippen molar-refractivity contribution in [3.63, 3.8) is 0 Å². The fourth-order valence-electron chi connectivity index (χ4n) is 2.71.